The molecule has 0 saturated carbocycles. The predicted octanol–water partition coefficient (Wildman–Crippen LogP) is 13.6. The molecule has 4 nitrogen and oxygen atoms in total. The standard InChI is InChI=1S/C11H24.2C10H22O.C9H20O2.CH4/c1-4-5-6-7-8-9-10-11(2)3;1-4-11-9-7-5-6-8-10(2)3;1-4-5-6-8-11-9-7-10(2)3;1-4-10-7-8-11-6-5-9(2)3;/h11H,4-10H2,1-3H3;2*10H,4-9H2,1-3H3;9H,4-8H2,1-3H3;1H4. The maximum atomic E-state index is 5.45. The number of hydrogen-bond donors (Lipinski definition) is 0. The van der Waals surface area contributed by atoms with Gasteiger partial charge in [-0.3, -0.25) is 0 Å². The molecule has 0 aromatic rings. The molecule has 280 valence electrons. The molecule has 0 heterocycles. The third-order valence-electron chi connectivity index (χ3n) is 7.06. The fourth-order valence-electron chi connectivity index (χ4n) is 3.97. The van der Waals surface area contributed by atoms with E-state index in [0.717, 1.165) is 82.9 Å². The SMILES string of the molecule is C.CCCCCCCCC(C)C.CCCCCOCCC(C)C.CCOCCCCCC(C)C.CCOCCOCCC(C)C. The molecular weight excluding hydrogens is 556 g/mol. The third kappa shape index (κ3) is 75.7. The van der Waals surface area contributed by atoms with Gasteiger partial charge in [-0.2, -0.15) is 0 Å². The van der Waals surface area contributed by atoms with Crippen molar-refractivity contribution in [2.24, 2.45) is 23.7 Å². The van der Waals surface area contributed by atoms with E-state index < -0.39 is 0 Å². The van der Waals surface area contributed by atoms with Gasteiger partial charge in [0.15, 0.2) is 0 Å². The van der Waals surface area contributed by atoms with E-state index in [4.69, 9.17) is 18.9 Å². The van der Waals surface area contributed by atoms with E-state index in [1.807, 2.05) is 13.8 Å². The molecule has 4 heteroatoms. The Bertz CT molecular complexity index is 357. The minimum atomic E-state index is 0. The van der Waals surface area contributed by atoms with Crippen LogP contribution in [0.15, 0.2) is 0 Å². The Balaban J connectivity index is -0.000000157. The van der Waals surface area contributed by atoms with Crippen LogP contribution in [0.4, 0.5) is 0 Å². The molecule has 0 radical (unpaired) electrons. The molecule has 0 amide bonds. The van der Waals surface area contributed by atoms with Gasteiger partial charge in [-0.25, -0.2) is 0 Å². The van der Waals surface area contributed by atoms with Gasteiger partial charge in [0.1, 0.15) is 0 Å². The molecule has 0 aliphatic rings. The lowest BCUT2D eigenvalue weighted by molar-refractivity contribution is 0.0488. The van der Waals surface area contributed by atoms with Crippen molar-refractivity contribution in [2.45, 2.75) is 193 Å². The Labute approximate surface area is 288 Å². The zero-order valence-electron chi connectivity index (χ0n) is 32.9. The first-order valence-corrected chi connectivity index (χ1v) is 19.4. The normalized spacial score (nSPS) is 10.7. The Morgan fingerprint density at radius 3 is 1.07 bits per heavy atom. The minimum absolute atomic E-state index is 0. The highest BCUT2D eigenvalue weighted by atomic mass is 16.5. The van der Waals surface area contributed by atoms with Gasteiger partial charge in [0.25, 0.3) is 0 Å². The van der Waals surface area contributed by atoms with E-state index in [9.17, 15) is 0 Å². The molecule has 0 aromatic heterocycles. The van der Waals surface area contributed by atoms with Gasteiger partial charge < -0.3 is 18.9 Å². The van der Waals surface area contributed by atoms with Gasteiger partial charge in [-0.05, 0) is 63.2 Å². The van der Waals surface area contributed by atoms with Gasteiger partial charge in [0.05, 0.1) is 13.2 Å². The van der Waals surface area contributed by atoms with Crippen LogP contribution < -0.4 is 0 Å². The van der Waals surface area contributed by atoms with E-state index in [1.165, 1.54) is 96.3 Å². The highest BCUT2D eigenvalue weighted by Gasteiger charge is 1.96. The van der Waals surface area contributed by atoms with E-state index in [2.05, 4.69) is 69.2 Å². The third-order valence-corrected chi connectivity index (χ3v) is 7.06. The molecule has 0 aliphatic heterocycles. The van der Waals surface area contributed by atoms with Crippen molar-refractivity contribution in [3.8, 4) is 0 Å². The van der Waals surface area contributed by atoms with Crippen molar-refractivity contribution in [1.29, 1.82) is 0 Å². The fraction of sp³-hybridized carbons (Fsp3) is 1.00. The van der Waals surface area contributed by atoms with Crippen LogP contribution in [0.3, 0.4) is 0 Å². The fourth-order valence-corrected chi connectivity index (χ4v) is 3.97. The summed E-state index contributed by atoms with van der Waals surface area (Å²) in [5, 5.41) is 0. The summed E-state index contributed by atoms with van der Waals surface area (Å²) in [4.78, 5) is 0. The van der Waals surface area contributed by atoms with Gasteiger partial charge in [0, 0.05) is 39.6 Å². The van der Waals surface area contributed by atoms with Crippen molar-refractivity contribution in [1.82, 2.24) is 0 Å². The molecule has 45 heavy (non-hydrogen) atoms. The second-order valence-electron chi connectivity index (χ2n) is 13.9. The summed E-state index contributed by atoms with van der Waals surface area (Å²) >= 11 is 0. The summed E-state index contributed by atoms with van der Waals surface area (Å²) in [5.41, 5.74) is 0. The molecule has 0 unspecified atom stereocenters. The highest BCUT2D eigenvalue weighted by Crippen LogP contribution is 2.11. The first-order valence-electron chi connectivity index (χ1n) is 19.4. The lowest BCUT2D eigenvalue weighted by Gasteiger charge is -2.05. The molecule has 0 bridgehead atoms. The number of unbranched alkanes of at least 4 members (excludes halogenated alkanes) is 9. The van der Waals surface area contributed by atoms with Crippen molar-refractivity contribution in [3.05, 3.63) is 0 Å². The van der Waals surface area contributed by atoms with Crippen LogP contribution in [0, 0.1) is 23.7 Å². The topological polar surface area (TPSA) is 36.9 Å². The van der Waals surface area contributed by atoms with Gasteiger partial charge in [-0.1, -0.05) is 154 Å². The van der Waals surface area contributed by atoms with Crippen molar-refractivity contribution in [2.75, 3.05) is 52.9 Å². The molecule has 0 atom stereocenters. The van der Waals surface area contributed by atoms with Gasteiger partial charge in [0.2, 0.25) is 0 Å². The van der Waals surface area contributed by atoms with Crippen LogP contribution in [-0.4, -0.2) is 52.9 Å². The van der Waals surface area contributed by atoms with Crippen molar-refractivity contribution in [3.63, 3.8) is 0 Å². The van der Waals surface area contributed by atoms with Gasteiger partial charge >= 0.3 is 0 Å². The maximum absolute atomic E-state index is 5.45. The average molecular weight is 649 g/mol. The number of hydrogen-bond acceptors (Lipinski definition) is 4. The maximum Gasteiger partial charge on any atom is 0.0700 e. The number of rotatable bonds is 28. The smallest absolute Gasteiger partial charge is 0.0700 e. The molecule has 0 N–H and O–H groups in total. The molecule has 0 spiro atoms. The highest BCUT2D eigenvalue weighted by molar-refractivity contribution is 4.48. The van der Waals surface area contributed by atoms with Crippen LogP contribution in [0.25, 0.3) is 0 Å². The van der Waals surface area contributed by atoms with Crippen LogP contribution >= 0.6 is 0 Å². The first-order chi connectivity index (χ1) is 21.1. The lowest BCUT2D eigenvalue weighted by atomic mass is 10.0. The summed E-state index contributed by atoms with van der Waals surface area (Å²) in [6.07, 6.45) is 21.5. The van der Waals surface area contributed by atoms with E-state index in [-0.39, 0.29) is 7.43 Å². The molecule has 0 rings (SSSR count). The Morgan fingerprint density at radius 1 is 0.311 bits per heavy atom. The number of ether oxygens (including phenoxy) is 4. The molecule has 0 aromatic carbocycles. The van der Waals surface area contributed by atoms with Crippen LogP contribution in [0.1, 0.15) is 193 Å². The quantitative estimate of drug-likeness (QED) is 0.0791. The van der Waals surface area contributed by atoms with E-state index in [1.54, 1.807) is 0 Å². The van der Waals surface area contributed by atoms with Crippen LogP contribution in [0.5, 0.6) is 0 Å². The lowest BCUT2D eigenvalue weighted by Crippen LogP contribution is -2.06. The summed E-state index contributed by atoms with van der Waals surface area (Å²) in [5.74, 6) is 3.28. The molecule has 0 fully saturated rings. The molecule has 0 aliphatic carbocycles. The first kappa shape index (κ1) is 54.3. The van der Waals surface area contributed by atoms with Crippen LogP contribution in [-0.2, 0) is 18.9 Å². The summed E-state index contributed by atoms with van der Waals surface area (Å²) < 4.78 is 21.1. The van der Waals surface area contributed by atoms with E-state index >= 15 is 0 Å². The Kier molecular flexibility index (Phi) is 61.2. The zero-order valence-corrected chi connectivity index (χ0v) is 32.9. The Hall–Kier alpha value is -0.160. The monoisotopic (exact) mass is 649 g/mol. The molecular formula is C41H92O4. The summed E-state index contributed by atoms with van der Waals surface area (Å²) in [7, 11) is 0. The van der Waals surface area contributed by atoms with Crippen molar-refractivity contribution >= 4 is 0 Å². The second-order valence-corrected chi connectivity index (χ2v) is 13.9. The average Bonchev–Trinajstić information content (AvgIpc) is 2.97. The largest absolute Gasteiger partial charge is 0.382 e. The predicted molar refractivity (Wildman–Crippen MR) is 206 cm³/mol. The zero-order chi connectivity index (χ0) is 34.1. The second kappa shape index (κ2) is 50.7. The Morgan fingerprint density at radius 2 is 0.622 bits per heavy atom. The summed E-state index contributed by atoms with van der Waals surface area (Å²) in [6.45, 7) is 33.4. The minimum Gasteiger partial charge on any atom is -0.382 e. The van der Waals surface area contributed by atoms with E-state index in [0.29, 0.717) is 0 Å². The van der Waals surface area contributed by atoms with Crippen LogP contribution in [0.2, 0.25) is 0 Å². The molecule has 0 saturated heterocycles. The van der Waals surface area contributed by atoms with Crippen molar-refractivity contribution < 1.29 is 18.9 Å². The van der Waals surface area contributed by atoms with Gasteiger partial charge in [-0.15, -0.1) is 0 Å². The summed E-state index contributed by atoms with van der Waals surface area (Å²) in [6, 6.07) is 0.